The number of anilines is 1. The summed E-state index contributed by atoms with van der Waals surface area (Å²) in [7, 11) is 0. The fourth-order valence-corrected chi connectivity index (χ4v) is 1.80. The molecule has 0 unspecified atom stereocenters. The summed E-state index contributed by atoms with van der Waals surface area (Å²) < 4.78 is 1.12. The third-order valence-electron chi connectivity index (χ3n) is 2.91. The molecule has 1 fully saturated rings. The summed E-state index contributed by atoms with van der Waals surface area (Å²) in [6.45, 7) is 0. The molecule has 1 saturated carbocycles. The molecular weight excluding hydrogens is 196 g/mol. The lowest BCUT2D eigenvalue weighted by molar-refractivity contribution is -0.120. The number of nitrogens with zero attached hydrogens (tertiary/aromatic N) is 3. The van der Waals surface area contributed by atoms with Gasteiger partial charge in [0.25, 0.3) is 5.91 Å². The molecule has 3 rings (SSSR count). The molecule has 0 atom stereocenters. The predicted molar refractivity (Wildman–Crippen MR) is 47.9 cm³/mol. The van der Waals surface area contributed by atoms with Gasteiger partial charge in [-0.05, 0) is 12.8 Å². The van der Waals surface area contributed by atoms with E-state index in [2.05, 4.69) is 10.4 Å². The number of rotatable bonds is 0. The van der Waals surface area contributed by atoms with E-state index in [-0.39, 0.29) is 23.2 Å². The molecule has 2 aliphatic rings. The molecule has 1 aromatic rings. The van der Waals surface area contributed by atoms with Crippen LogP contribution in [0.4, 0.5) is 5.82 Å². The Morgan fingerprint density at radius 2 is 2.27 bits per heavy atom. The lowest BCUT2D eigenvalue weighted by Gasteiger charge is -2.20. The van der Waals surface area contributed by atoms with Gasteiger partial charge in [0.15, 0.2) is 5.82 Å². The average Bonchev–Trinajstić information content (AvgIpc) is 2.93. The highest BCUT2D eigenvalue weighted by molar-refractivity contribution is 6.17. The third-order valence-corrected chi connectivity index (χ3v) is 2.91. The molecule has 1 aliphatic carbocycles. The molecule has 0 aromatic carbocycles. The SMILES string of the molecule is N#Cc1cnn2c1NC(=O)C1(CC1)C2=O. The molecule has 0 radical (unpaired) electrons. The van der Waals surface area contributed by atoms with Gasteiger partial charge in [0.1, 0.15) is 17.0 Å². The van der Waals surface area contributed by atoms with Crippen molar-refractivity contribution in [2.24, 2.45) is 5.41 Å². The van der Waals surface area contributed by atoms with Crippen molar-refractivity contribution in [2.45, 2.75) is 12.8 Å². The van der Waals surface area contributed by atoms with Crippen LogP contribution in [0.25, 0.3) is 0 Å². The van der Waals surface area contributed by atoms with E-state index in [1.165, 1.54) is 6.20 Å². The Hall–Kier alpha value is -2.16. The second-order valence-corrected chi connectivity index (χ2v) is 3.77. The Kier molecular flexibility index (Phi) is 1.23. The van der Waals surface area contributed by atoms with Gasteiger partial charge in [-0.3, -0.25) is 9.59 Å². The van der Waals surface area contributed by atoms with Crippen LogP contribution in [-0.4, -0.2) is 21.6 Å². The van der Waals surface area contributed by atoms with E-state index in [0.717, 1.165) is 4.68 Å². The largest absolute Gasteiger partial charge is 0.308 e. The molecule has 6 heteroatoms. The van der Waals surface area contributed by atoms with Crippen LogP contribution in [0.3, 0.4) is 0 Å². The van der Waals surface area contributed by atoms with Crippen molar-refractivity contribution < 1.29 is 9.59 Å². The molecule has 74 valence electrons. The van der Waals surface area contributed by atoms with E-state index < -0.39 is 5.41 Å². The second kappa shape index (κ2) is 2.25. The van der Waals surface area contributed by atoms with E-state index in [1.54, 1.807) is 0 Å². The van der Waals surface area contributed by atoms with Gasteiger partial charge in [-0.2, -0.15) is 15.0 Å². The summed E-state index contributed by atoms with van der Waals surface area (Å²) in [4.78, 5) is 23.5. The minimum Gasteiger partial charge on any atom is -0.308 e. The van der Waals surface area contributed by atoms with Crippen molar-refractivity contribution in [3.63, 3.8) is 0 Å². The Morgan fingerprint density at radius 1 is 1.53 bits per heavy atom. The highest BCUT2D eigenvalue weighted by Gasteiger charge is 2.60. The van der Waals surface area contributed by atoms with Gasteiger partial charge >= 0.3 is 0 Å². The number of hydrogen-bond acceptors (Lipinski definition) is 4. The summed E-state index contributed by atoms with van der Waals surface area (Å²) in [5.41, 5.74) is -0.682. The average molecular weight is 202 g/mol. The fraction of sp³-hybridized carbons (Fsp3) is 0.333. The number of carbonyl (C=O) groups excluding carboxylic acids is 2. The quantitative estimate of drug-likeness (QED) is 0.605. The fourth-order valence-electron chi connectivity index (χ4n) is 1.80. The highest BCUT2D eigenvalue weighted by atomic mass is 16.2. The first-order valence-corrected chi connectivity index (χ1v) is 4.53. The summed E-state index contributed by atoms with van der Waals surface area (Å²) >= 11 is 0. The summed E-state index contributed by atoms with van der Waals surface area (Å²) in [6.07, 6.45) is 2.42. The molecule has 1 amide bonds. The number of hydrogen-bond donors (Lipinski definition) is 1. The van der Waals surface area contributed by atoms with Gasteiger partial charge in [-0.1, -0.05) is 0 Å². The van der Waals surface area contributed by atoms with E-state index in [4.69, 9.17) is 5.26 Å². The highest BCUT2D eigenvalue weighted by Crippen LogP contribution is 2.50. The maximum absolute atomic E-state index is 11.9. The van der Waals surface area contributed by atoms with Crippen LogP contribution >= 0.6 is 0 Å². The van der Waals surface area contributed by atoms with Crippen LogP contribution in [0.2, 0.25) is 0 Å². The van der Waals surface area contributed by atoms with Crippen LogP contribution < -0.4 is 5.32 Å². The smallest absolute Gasteiger partial charge is 0.264 e. The molecule has 15 heavy (non-hydrogen) atoms. The van der Waals surface area contributed by atoms with E-state index in [9.17, 15) is 9.59 Å². The summed E-state index contributed by atoms with van der Waals surface area (Å²) in [5, 5.41) is 15.1. The first-order valence-electron chi connectivity index (χ1n) is 4.53. The first kappa shape index (κ1) is 8.17. The zero-order valence-corrected chi connectivity index (χ0v) is 7.65. The van der Waals surface area contributed by atoms with E-state index in [0.29, 0.717) is 12.8 Å². The Labute approximate surface area is 84.5 Å². The number of amides is 1. The van der Waals surface area contributed by atoms with Crippen molar-refractivity contribution >= 4 is 17.6 Å². The number of fused-ring (bicyclic) bond motifs is 1. The monoisotopic (exact) mass is 202 g/mol. The molecule has 1 aliphatic heterocycles. The summed E-state index contributed by atoms with van der Waals surface area (Å²) in [6, 6.07) is 1.87. The molecule has 1 spiro atoms. The van der Waals surface area contributed by atoms with Crippen LogP contribution in [0, 0.1) is 16.7 Å². The Balaban J connectivity index is 2.20. The topological polar surface area (TPSA) is 87.8 Å². The third kappa shape index (κ3) is 0.801. The van der Waals surface area contributed by atoms with Crippen molar-refractivity contribution in [2.75, 3.05) is 5.32 Å². The molecule has 2 heterocycles. The lowest BCUT2D eigenvalue weighted by Crippen LogP contribution is -2.41. The minimum atomic E-state index is -0.897. The normalized spacial score (nSPS) is 20.7. The number of aromatic nitrogens is 2. The van der Waals surface area contributed by atoms with Crippen molar-refractivity contribution in [3.05, 3.63) is 11.8 Å². The van der Waals surface area contributed by atoms with Crippen molar-refractivity contribution in [1.82, 2.24) is 9.78 Å². The summed E-state index contributed by atoms with van der Waals surface area (Å²) in [5.74, 6) is -0.426. The van der Waals surface area contributed by atoms with Gasteiger partial charge in [-0.25, -0.2) is 0 Å². The van der Waals surface area contributed by atoms with Crippen LogP contribution in [-0.2, 0) is 4.79 Å². The predicted octanol–water partition coefficient (Wildman–Crippen LogP) is 0.127. The van der Waals surface area contributed by atoms with Crippen molar-refractivity contribution in [1.29, 1.82) is 5.26 Å². The zero-order chi connectivity index (χ0) is 10.6. The van der Waals surface area contributed by atoms with Crippen LogP contribution in [0.1, 0.15) is 23.2 Å². The number of nitriles is 1. The maximum Gasteiger partial charge on any atom is 0.264 e. The maximum atomic E-state index is 11.9. The second-order valence-electron chi connectivity index (χ2n) is 3.77. The van der Waals surface area contributed by atoms with Gasteiger partial charge in [0.05, 0.1) is 6.20 Å². The van der Waals surface area contributed by atoms with Gasteiger partial charge < -0.3 is 5.32 Å². The van der Waals surface area contributed by atoms with Gasteiger partial charge in [0, 0.05) is 0 Å². The molecule has 1 aromatic heterocycles. The molecule has 0 saturated heterocycles. The van der Waals surface area contributed by atoms with E-state index >= 15 is 0 Å². The number of nitrogens with one attached hydrogen (secondary N) is 1. The Bertz CT molecular complexity index is 533. The molecule has 6 nitrogen and oxygen atoms in total. The van der Waals surface area contributed by atoms with E-state index in [1.807, 2.05) is 6.07 Å². The molecule has 0 bridgehead atoms. The van der Waals surface area contributed by atoms with Gasteiger partial charge in [0.2, 0.25) is 5.91 Å². The zero-order valence-electron chi connectivity index (χ0n) is 7.65. The molecule has 1 N–H and O–H groups in total. The van der Waals surface area contributed by atoms with Crippen LogP contribution in [0.5, 0.6) is 0 Å². The van der Waals surface area contributed by atoms with Gasteiger partial charge in [-0.15, -0.1) is 0 Å². The number of carbonyl (C=O) groups is 2. The Morgan fingerprint density at radius 3 is 2.87 bits per heavy atom. The first-order chi connectivity index (χ1) is 7.19. The van der Waals surface area contributed by atoms with Crippen molar-refractivity contribution in [3.8, 4) is 6.07 Å². The lowest BCUT2D eigenvalue weighted by atomic mass is 10.0. The minimum absolute atomic E-state index is 0.199. The molecular formula is C9H6N4O2. The standard InChI is InChI=1S/C9H6N4O2/c10-3-5-4-11-13-6(5)12-7(14)9(1-2-9)8(13)15/h4H,1-2H2,(H,12,14). The van der Waals surface area contributed by atoms with Crippen LogP contribution in [0.15, 0.2) is 6.20 Å².